The van der Waals surface area contributed by atoms with Gasteiger partial charge in [0.05, 0.1) is 11.3 Å². The minimum atomic E-state index is -2.25. The molecule has 21 heavy (non-hydrogen) atoms. The van der Waals surface area contributed by atoms with Gasteiger partial charge in [-0.2, -0.15) is 0 Å². The van der Waals surface area contributed by atoms with Crippen LogP contribution >= 0.6 is 0 Å². The summed E-state index contributed by atoms with van der Waals surface area (Å²) >= 11 is 0. The molecule has 1 nitrogen and oxygen atoms in total. The van der Waals surface area contributed by atoms with E-state index in [0.29, 0.717) is 0 Å². The van der Waals surface area contributed by atoms with E-state index >= 15 is 0 Å². The molecule has 0 aliphatic rings. The minimum Gasteiger partial charge on any atom is -0.375 e. The van der Waals surface area contributed by atoms with E-state index in [1.807, 2.05) is 0 Å². The lowest BCUT2D eigenvalue weighted by Gasteiger charge is -2.19. The van der Waals surface area contributed by atoms with E-state index in [1.54, 1.807) is 0 Å². The van der Waals surface area contributed by atoms with Gasteiger partial charge in [0.1, 0.15) is 5.82 Å². The van der Waals surface area contributed by atoms with Crippen molar-refractivity contribution in [2.45, 2.75) is 0 Å². The minimum absolute atomic E-state index is 0.277. The van der Waals surface area contributed by atoms with Crippen molar-refractivity contribution >= 4 is 5.69 Å². The van der Waals surface area contributed by atoms with Crippen molar-refractivity contribution in [3.8, 4) is 11.1 Å². The van der Waals surface area contributed by atoms with Crippen molar-refractivity contribution in [2.75, 3.05) is 19.0 Å². The third-order valence-electron chi connectivity index (χ3n) is 2.91. The van der Waals surface area contributed by atoms with Crippen LogP contribution in [0.25, 0.3) is 11.1 Å². The number of hydrogen-bond acceptors (Lipinski definition) is 1. The topological polar surface area (TPSA) is 3.24 Å². The molecular weight excluding hydrogens is 296 g/mol. The van der Waals surface area contributed by atoms with Gasteiger partial charge in [0.2, 0.25) is 5.82 Å². The van der Waals surface area contributed by atoms with Gasteiger partial charge in [-0.05, 0) is 6.07 Å². The molecule has 112 valence electrons. The Morgan fingerprint density at radius 1 is 0.714 bits per heavy atom. The molecule has 0 spiro atoms. The highest BCUT2D eigenvalue weighted by atomic mass is 19.2. The Labute approximate surface area is 116 Å². The summed E-state index contributed by atoms with van der Waals surface area (Å²) in [5, 5.41) is 0. The van der Waals surface area contributed by atoms with Crippen molar-refractivity contribution in [3.05, 3.63) is 53.1 Å². The van der Waals surface area contributed by atoms with Gasteiger partial charge in [0.15, 0.2) is 23.3 Å². The van der Waals surface area contributed by atoms with Crippen LogP contribution in [0.15, 0.2) is 18.2 Å². The smallest absolute Gasteiger partial charge is 0.200 e. The van der Waals surface area contributed by atoms with Crippen molar-refractivity contribution in [3.63, 3.8) is 0 Å². The van der Waals surface area contributed by atoms with Crippen LogP contribution in [0.1, 0.15) is 0 Å². The van der Waals surface area contributed by atoms with Crippen LogP contribution in [0.5, 0.6) is 0 Å². The summed E-state index contributed by atoms with van der Waals surface area (Å²) in [7, 11) is 2.77. The number of benzene rings is 2. The van der Waals surface area contributed by atoms with E-state index in [0.717, 1.165) is 18.2 Å². The molecule has 0 aliphatic carbocycles. The van der Waals surface area contributed by atoms with Crippen molar-refractivity contribution in [1.29, 1.82) is 0 Å². The van der Waals surface area contributed by atoms with Crippen LogP contribution in [0, 0.1) is 34.9 Å². The van der Waals surface area contributed by atoms with E-state index in [2.05, 4.69) is 0 Å². The van der Waals surface area contributed by atoms with Gasteiger partial charge >= 0.3 is 0 Å². The van der Waals surface area contributed by atoms with E-state index in [9.17, 15) is 26.3 Å². The highest BCUT2D eigenvalue weighted by molar-refractivity contribution is 5.79. The van der Waals surface area contributed by atoms with Gasteiger partial charge in [-0.25, -0.2) is 26.3 Å². The van der Waals surface area contributed by atoms with Crippen LogP contribution in [0.2, 0.25) is 0 Å². The molecule has 0 aliphatic heterocycles. The summed E-state index contributed by atoms with van der Waals surface area (Å²) in [6, 6.07) is 3.22. The quantitative estimate of drug-likeness (QED) is 0.455. The predicted molar refractivity (Wildman–Crippen MR) is 66.0 cm³/mol. The van der Waals surface area contributed by atoms with Gasteiger partial charge < -0.3 is 4.90 Å². The first kappa shape index (κ1) is 15.2. The first-order valence-corrected chi connectivity index (χ1v) is 5.75. The maximum atomic E-state index is 13.8. The van der Waals surface area contributed by atoms with Gasteiger partial charge in [0.25, 0.3) is 0 Å². The molecule has 0 aromatic heterocycles. The molecule has 2 aromatic rings. The fourth-order valence-corrected chi connectivity index (χ4v) is 2.01. The lowest BCUT2D eigenvalue weighted by atomic mass is 10.0. The average Bonchev–Trinajstić information content (AvgIpc) is 2.43. The van der Waals surface area contributed by atoms with Gasteiger partial charge in [-0.1, -0.05) is 12.1 Å². The Balaban J connectivity index is 2.90. The molecule has 2 aromatic carbocycles. The van der Waals surface area contributed by atoms with Crippen molar-refractivity contribution < 1.29 is 26.3 Å². The Morgan fingerprint density at radius 3 is 1.67 bits per heavy atom. The van der Waals surface area contributed by atoms with Crippen LogP contribution < -0.4 is 4.90 Å². The average molecular weight is 305 g/mol. The second-order valence-corrected chi connectivity index (χ2v) is 4.48. The molecule has 0 atom stereocenters. The standard InChI is InChI=1S/C14H9F6N/c1-21(2)14-6(4-3-5-7(14)15)8-9(16)11(18)13(20)12(19)10(8)17/h3-5H,1-2H3. The maximum Gasteiger partial charge on any atom is 0.200 e. The van der Waals surface area contributed by atoms with Gasteiger partial charge in [0, 0.05) is 19.7 Å². The second-order valence-electron chi connectivity index (χ2n) is 4.48. The predicted octanol–water partition coefficient (Wildman–Crippen LogP) is 4.25. The molecule has 7 heteroatoms. The highest BCUT2D eigenvalue weighted by Crippen LogP contribution is 2.37. The zero-order chi connectivity index (χ0) is 15.9. The summed E-state index contributed by atoms with van der Waals surface area (Å²) in [6.07, 6.45) is 0. The fraction of sp³-hybridized carbons (Fsp3) is 0.143. The Kier molecular flexibility index (Phi) is 3.85. The molecule has 0 radical (unpaired) electrons. The molecular formula is C14H9F6N. The van der Waals surface area contributed by atoms with E-state index in [4.69, 9.17) is 0 Å². The van der Waals surface area contributed by atoms with Crippen LogP contribution in [0.4, 0.5) is 32.0 Å². The molecule has 0 heterocycles. The fourth-order valence-electron chi connectivity index (χ4n) is 2.01. The van der Waals surface area contributed by atoms with Crippen molar-refractivity contribution in [2.24, 2.45) is 0 Å². The molecule has 0 saturated heterocycles. The number of anilines is 1. The Morgan fingerprint density at radius 2 is 1.19 bits per heavy atom. The number of rotatable bonds is 2. The Hall–Kier alpha value is -2.18. The third kappa shape index (κ3) is 2.32. The molecule has 0 unspecified atom stereocenters. The van der Waals surface area contributed by atoms with E-state index in [-0.39, 0.29) is 5.69 Å². The van der Waals surface area contributed by atoms with Crippen LogP contribution in [-0.2, 0) is 0 Å². The van der Waals surface area contributed by atoms with E-state index in [1.165, 1.54) is 19.0 Å². The molecule has 0 fully saturated rings. The summed E-state index contributed by atoms with van der Waals surface area (Å²) in [4.78, 5) is 1.18. The van der Waals surface area contributed by atoms with E-state index < -0.39 is 46.0 Å². The molecule has 2 rings (SSSR count). The number of hydrogen-bond donors (Lipinski definition) is 0. The summed E-state index contributed by atoms with van der Waals surface area (Å²) < 4.78 is 80.9. The van der Waals surface area contributed by atoms with Crippen LogP contribution in [-0.4, -0.2) is 14.1 Å². The molecule has 0 bridgehead atoms. The van der Waals surface area contributed by atoms with Crippen molar-refractivity contribution in [1.82, 2.24) is 0 Å². The monoisotopic (exact) mass is 305 g/mol. The largest absolute Gasteiger partial charge is 0.375 e. The second kappa shape index (κ2) is 5.31. The SMILES string of the molecule is CN(C)c1c(F)cccc1-c1c(F)c(F)c(F)c(F)c1F. The molecule has 0 saturated carbocycles. The lowest BCUT2D eigenvalue weighted by Crippen LogP contribution is -2.13. The normalized spacial score (nSPS) is 10.9. The molecule has 0 N–H and O–H groups in total. The van der Waals surface area contributed by atoms with Crippen LogP contribution in [0.3, 0.4) is 0 Å². The van der Waals surface area contributed by atoms with Gasteiger partial charge in [-0.15, -0.1) is 0 Å². The lowest BCUT2D eigenvalue weighted by molar-refractivity contribution is 0.381. The number of halogens is 6. The zero-order valence-corrected chi connectivity index (χ0v) is 10.9. The Bertz CT molecular complexity index is 682. The highest BCUT2D eigenvalue weighted by Gasteiger charge is 2.28. The number of nitrogens with zero attached hydrogens (tertiary/aromatic N) is 1. The molecule has 0 amide bonds. The summed E-state index contributed by atoms with van der Waals surface area (Å²) in [6.45, 7) is 0. The first-order chi connectivity index (χ1) is 9.77. The maximum absolute atomic E-state index is 13.8. The first-order valence-electron chi connectivity index (χ1n) is 5.75. The number of para-hydroxylation sites is 1. The zero-order valence-electron chi connectivity index (χ0n) is 10.9. The van der Waals surface area contributed by atoms with Gasteiger partial charge in [-0.3, -0.25) is 0 Å². The third-order valence-corrected chi connectivity index (χ3v) is 2.91. The summed E-state index contributed by atoms with van der Waals surface area (Å²) in [5.74, 6) is -11.2. The summed E-state index contributed by atoms with van der Waals surface area (Å²) in [5.41, 5.74) is -1.86.